The van der Waals surface area contributed by atoms with Crippen LogP contribution in [0, 0.1) is 5.92 Å². The summed E-state index contributed by atoms with van der Waals surface area (Å²) in [7, 11) is 0. The third kappa shape index (κ3) is 3.29. The highest BCUT2D eigenvalue weighted by molar-refractivity contribution is 7.97. The molecular weight excluding hydrogens is 240 g/mol. The molecule has 3 heteroatoms. The van der Waals surface area contributed by atoms with Crippen LogP contribution in [-0.2, 0) is 0 Å². The van der Waals surface area contributed by atoms with E-state index in [0.29, 0.717) is 0 Å². The first-order chi connectivity index (χ1) is 8.85. The summed E-state index contributed by atoms with van der Waals surface area (Å²) in [6.45, 7) is 4.57. The standard InChI is InChI=1S/C15H22N2S/c1-3-5-8-13(4-2)11-18-17-12-16-14-9-6-7-10-15(14)17/h6-7,9-10,12-13H,3-5,8,11H2,1-2H3. The number of unbranched alkanes of at least 4 members (excludes halogenated alkanes) is 1. The molecule has 0 saturated heterocycles. The molecular formula is C15H22N2S. The molecule has 1 aromatic carbocycles. The monoisotopic (exact) mass is 262 g/mol. The van der Waals surface area contributed by atoms with Gasteiger partial charge in [-0.25, -0.2) is 4.98 Å². The van der Waals surface area contributed by atoms with Gasteiger partial charge in [0.05, 0.1) is 11.0 Å². The van der Waals surface area contributed by atoms with Gasteiger partial charge in [-0.1, -0.05) is 45.2 Å². The molecule has 0 aliphatic rings. The minimum Gasteiger partial charge on any atom is -0.272 e. The second-order valence-electron chi connectivity index (χ2n) is 4.77. The van der Waals surface area contributed by atoms with Crippen molar-refractivity contribution in [1.29, 1.82) is 0 Å². The molecule has 0 N–H and O–H groups in total. The number of para-hydroxylation sites is 2. The molecule has 2 rings (SSSR count). The molecule has 18 heavy (non-hydrogen) atoms. The van der Waals surface area contributed by atoms with E-state index in [1.54, 1.807) is 0 Å². The molecule has 0 amide bonds. The van der Waals surface area contributed by atoms with Crippen molar-refractivity contribution in [3.8, 4) is 0 Å². The van der Waals surface area contributed by atoms with E-state index in [-0.39, 0.29) is 0 Å². The minimum absolute atomic E-state index is 0.830. The van der Waals surface area contributed by atoms with Crippen LogP contribution in [0.15, 0.2) is 30.6 Å². The first-order valence-electron chi connectivity index (χ1n) is 6.90. The summed E-state index contributed by atoms with van der Waals surface area (Å²) < 4.78 is 2.21. The molecule has 0 bridgehead atoms. The Kier molecular flexibility index (Phi) is 5.12. The second-order valence-corrected chi connectivity index (χ2v) is 5.76. The normalized spacial score (nSPS) is 13.0. The minimum atomic E-state index is 0.830. The van der Waals surface area contributed by atoms with Crippen molar-refractivity contribution in [2.75, 3.05) is 5.75 Å². The van der Waals surface area contributed by atoms with Crippen LogP contribution < -0.4 is 0 Å². The fourth-order valence-electron chi connectivity index (χ4n) is 2.12. The number of aromatic nitrogens is 2. The Morgan fingerprint density at radius 3 is 2.89 bits per heavy atom. The van der Waals surface area contributed by atoms with E-state index in [9.17, 15) is 0 Å². The van der Waals surface area contributed by atoms with Crippen LogP contribution >= 0.6 is 11.9 Å². The Balaban J connectivity index is 1.96. The van der Waals surface area contributed by atoms with Crippen molar-refractivity contribution in [2.45, 2.75) is 39.5 Å². The lowest BCUT2D eigenvalue weighted by atomic mass is 10.0. The van der Waals surface area contributed by atoms with Crippen molar-refractivity contribution in [3.05, 3.63) is 30.6 Å². The number of hydrogen-bond acceptors (Lipinski definition) is 2. The molecule has 2 aromatic rings. The highest BCUT2D eigenvalue weighted by atomic mass is 32.2. The average molecular weight is 262 g/mol. The van der Waals surface area contributed by atoms with Crippen molar-refractivity contribution in [3.63, 3.8) is 0 Å². The molecule has 1 heterocycles. The summed E-state index contributed by atoms with van der Waals surface area (Å²) in [5.74, 6) is 2.02. The topological polar surface area (TPSA) is 17.8 Å². The third-order valence-electron chi connectivity index (χ3n) is 3.41. The first-order valence-corrected chi connectivity index (χ1v) is 7.84. The van der Waals surface area contributed by atoms with Gasteiger partial charge in [0.2, 0.25) is 0 Å². The van der Waals surface area contributed by atoms with Crippen LogP contribution in [-0.4, -0.2) is 14.7 Å². The molecule has 98 valence electrons. The Morgan fingerprint density at radius 1 is 1.28 bits per heavy atom. The van der Waals surface area contributed by atoms with Crippen LogP contribution in [0.25, 0.3) is 11.0 Å². The summed E-state index contributed by atoms with van der Waals surface area (Å²) in [4.78, 5) is 4.43. The molecule has 0 saturated carbocycles. The van der Waals surface area contributed by atoms with Crippen LogP contribution in [0.1, 0.15) is 39.5 Å². The summed E-state index contributed by atoms with van der Waals surface area (Å²) in [5, 5.41) is 0. The van der Waals surface area contributed by atoms with E-state index in [4.69, 9.17) is 0 Å². The summed E-state index contributed by atoms with van der Waals surface area (Å²) in [5.41, 5.74) is 2.32. The number of nitrogens with zero attached hydrogens (tertiary/aromatic N) is 2. The molecule has 0 spiro atoms. The van der Waals surface area contributed by atoms with E-state index in [1.165, 1.54) is 37.0 Å². The number of fused-ring (bicyclic) bond motifs is 1. The zero-order chi connectivity index (χ0) is 12.8. The Hall–Kier alpha value is -0.960. The van der Waals surface area contributed by atoms with Gasteiger partial charge >= 0.3 is 0 Å². The van der Waals surface area contributed by atoms with Gasteiger partial charge in [0.25, 0.3) is 0 Å². The maximum absolute atomic E-state index is 4.43. The fourth-order valence-corrected chi connectivity index (χ4v) is 3.30. The number of imidazole rings is 1. The van der Waals surface area contributed by atoms with Crippen molar-refractivity contribution >= 4 is 23.0 Å². The zero-order valence-corrected chi connectivity index (χ0v) is 12.1. The van der Waals surface area contributed by atoms with Crippen LogP contribution in [0.2, 0.25) is 0 Å². The zero-order valence-electron chi connectivity index (χ0n) is 11.3. The Morgan fingerprint density at radius 2 is 2.11 bits per heavy atom. The van der Waals surface area contributed by atoms with Gasteiger partial charge in [0, 0.05) is 5.75 Å². The van der Waals surface area contributed by atoms with Gasteiger partial charge in [0.1, 0.15) is 6.33 Å². The van der Waals surface area contributed by atoms with Crippen LogP contribution in [0.3, 0.4) is 0 Å². The van der Waals surface area contributed by atoms with E-state index in [2.05, 4.69) is 41.0 Å². The average Bonchev–Trinajstić information content (AvgIpc) is 2.82. The van der Waals surface area contributed by atoms with E-state index >= 15 is 0 Å². The Labute approximate surface area is 114 Å². The maximum atomic E-state index is 4.43. The SMILES string of the molecule is CCCCC(CC)CSn1cnc2ccccc21. The van der Waals surface area contributed by atoms with E-state index in [1.807, 2.05) is 24.3 Å². The van der Waals surface area contributed by atoms with E-state index < -0.39 is 0 Å². The van der Waals surface area contributed by atoms with Crippen molar-refractivity contribution in [1.82, 2.24) is 8.96 Å². The van der Waals surface area contributed by atoms with Gasteiger partial charge in [-0.3, -0.25) is 3.97 Å². The van der Waals surface area contributed by atoms with Gasteiger partial charge in [-0.15, -0.1) is 0 Å². The lowest BCUT2D eigenvalue weighted by Gasteiger charge is -2.14. The highest BCUT2D eigenvalue weighted by Gasteiger charge is 2.08. The lowest BCUT2D eigenvalue weighted by Crippen LogP contribution is -2.04. The first kappa shape index (κ1) is 13.5. The highest BCUT2D eigenvalue weighted by Crippen LogP contribution is 2.23. The maximum Gasteiger partial charge on any atom is 0.106 e. The van der Waals surface area contributed by atoms with Gasteiger partial charge in [-0.2, -0.15) is 0 Å². The molecule has 0 aliphatic carbocycles. The third-order valence-corrected chi connectivity index (χ3v) is 4.60. The fraction of sp³-hybridized carbons (Fsp3) is 0.533. The van der Waals surface area contributed by atoms with Gasteiger partial charge in [-0.05, 0) is 36.4 Å². The largest absolute Gasteiger partial charge is 0.272 e. The van der Waals surface area contributed by atoms with Crippen molar-refractivity contribution < 1.29 is 0 Å². The van der Waals surface area contributed by atoms with Gasteiger partial charge < -0.3 is 0 Å². The lowest BCUT2D eigenvalue weighted by molar-refractivity contribution is 0.499. The summed E-state index contributed by atoms with van der Waals surface area (Å²) >= 11 is 1.89. The second kappa shape index (κ2) is 6.83. The molecule has 1 atom stereocenters. The predicted molar refractivity (Wildman–Crippen MR) is 80.9 cm³/mol. The molecule has 1 aromatic heterocycles. The molecule has 0 fully saturated rings. The molecule has 0 radical (unpaired) electrons. The smallest absolute Gasteiger partial charge is 0.106 e. The van der Waals surface area contributed by atoms with E-state index in [0.717, 1.165) is 11.4 Å². The van der Waals surface area contributed by atoms with Crippen LogP contribution in [0.5, 0.6) is 0 Å². The van der Waals surface area contributed by atoms with Crippen LogP contribution in [0.4, 0.5) is 0 Å². The molecule has 2 nitrogen and oxygen atoms in total. The van der Waals surface area contributed by atoms with Gasteiger partial charge in [0.15, 0.2) is 0 Å². The molecule has 1 unspecified atom stereocenters. The summed E-state index contributed by atoms with van der Waals surface area (Å²) in [6.07, 6.45) is 7.23. The summed E-state index contributed by atoms with van der Waals surface area (Å²) in [6, 6.07) is 8.33. The number of rotatable bonds is 7. The number of hydrogen-bond donors (Lipinski definition) is 0. The predicted octanol–water partition coefficient (Wildman–Crippen LogP) is 4.75. The van der Waals surface area contributed by atoms with Crippen molar-refractivity contribution in [2.24, 2.45) is 5.92 Å². The quantitative estimate of drug-likeness (QED) is 0.716. The number of benzene rings is 1. The molecule has 0 aliphatic heterocycles. The Bertz CT molecular complexity index is 478.